The van der Waals surface area contributed by atoms with Crippen molar-refractivity contribution in [2.75, 3.05) is 20.8 Å². The van der Waals surface area contributed by atoms with E-state index in [0.29, 0.717) is 22.9 Å². The first-order chi connectivity index (χ1) is 17.4. The average Bonchev–Trinajstić information content (AvgIpc) is 3.36. The van der Waals surface area contributed by atoms with Crippen molar-refractivity contribution in [1.82, 2.24) is 19.9 Å². The molecule has 0 saturated carbocycles. The number of hydrogen-bond donors (Lipinski definition) is 2. The highest BCUT2D eigenvalue weighted by Gasteiger charge is 2.24. The number of esters is 1. The number of nitrogens with one attached hydrogen (secondary N) is 1. The minimum atomic E-state index is -0.912. The zero-order valence-corrected chi connectivity index (χ0v) is 20.2. The number of aromatic nitrogens is 3. The highest BCUT2D eigenvalue weighted by atomic mass is 16.5. The number of amides is 1. The molecule has 0 aliphatic carbocycles. The lowest BCUT2D eigenvalue weighted by Crippen LogP contribution is -2.44. The maximum atomic E-state index is 12.8. The Bertz CT molecular complexity index is 1370. The molecule has 2 heterocycles. The van der Waals surface area contributed by atoms with E-state index in [9.17, 15) is 9.59 Å². The van der Waals surface area contributed by atoms with Crippen LogP contribution in [0.5, 0.6) is 17.2 Å². The largest absolute Gasteiger partial charge is 0.493 e. The Morgan fingerprint density at radius 3 is 2.50 bits per heavy atom. The van der Waals surface area contributed by atoms with E-state index in [-0.39, 0.29) is 18.2 Å². The maximum Gasteiger partial charge on any atom is 0.328 e. The molecule has 2 atom stereocenters. The number of ether oxygens (including phenoxy) is 3. The molecule has 4 aromatic rings. The topological polar surface area (TPSA) is 130 Å². The van der Waals surface area contributed by atoms with Crippen LogP contribution in [0.1, 0.15) is 17.4 Å². The summed E-state index contributed by atoms with van der Waals surface area (Å²) in [6, 6.07) is 16.7. The molecular weight excluding hydrogens is 462 g/mol. The number of nitrogens with zero attached hydrogens (tertiary/aromatic N) is 3. The summed E-state index contributed by atoms with van der Waals surface area (Å²) in [6.45, 7) is 1.92. The first kappa shape index (κ1) is 24.7. The van der Waals surface area contributed by atoms with Crippen LogP contribution < -0.4 is 25.3 Å². The van der Waals surface area contributed by atoms with E-state index in [1.54, 1.807) is 74.3 Å². The standard InChI is InChI=1S/C26H27N5O5/c1-16(24(27)26(33)36-18-7-5-4-6-8-18)15-29-25(32)19-14-23-28-12-11-20(31(23)30-19)17-9-10-21(34-2)22(13-17)35-3/h4-14,16,24H,15,27H2,1-3H3,(H,29,32)/t16?,24-/m0/s1. The minimum Gasteiger partial charge on any atom is -0.493 e. The Hall–Kier alpha value is -4.44. The Morgan fingerprint density at radius 2 is 1.78 bits per heavy atom. The Labute approximate surface area is 208 Å². The number of methoxy groups -OCH3 is 2. The molecule has 36 heavy (non-hydrogen) atoms. The summed E-state index contributed by atoms with van der Waals surface area (Å²) in [4.78, 5) is 29.5. The van der Waals surface area contributed by atoms with Gasteiger partial charge < -0.3 is 25.3 Å². The maximum absolute atomic E-state index is 12.8. The van der Waals surface area contributed by atoms with Crippen LogP contribution in [0.15, 0.2) is 66.9 Å². The van der Waals surface area contributed by atoms with E-state index in [0.717, 1.165) is 11.3 Å². The van der Waals surface area contributed by atoms with E-state index in [1.807, 2.05) is 18.2 Å². The minimum absolute atomic E-state index is 0.160. The van der Waals surface area contributed by atoms with Gasteiger partial charge in [0.1, 0.15) is 11.8 Å². The van der Waals surface area contributed by atoms with Gasteiger partial charge in [0.05, 0.1) is 19.9 Å². The quantitative estimate of drug-likeness (QED) is 0.271. The van der Waals surface area contributed by atoms with Crippen molar-refractivity contribution in [1.29, 1.82) is 0 Å². The van der Waals surface area contributed by atoms with Crippen LogP contribution in [-0.4, -0.2) is 53.3 Å². The first-order valence-corrected chi connectivity index (χ1v) is 11.3. The molecule has 2 aromatic heterocycles. The van der Waals surface area contributed by atoms with Gasteiger partial charge in [-0.25, -0.2) is 14.3 Å². The van der Waals surface area contributed by atoms with Crippen molar-refractivity contribution >= 4 is 17.5 Å². The van der Waals surface area contributed by atoms with Gasteiger partial charge in [0.15, 0.2) is 22.8 Å². The predicted molar refractivity (Wildman–Crippen MR) is 133 cm³/mol. The van der Waals surface area contributed by atoms with Gasteiger partial charge in [-0.3, -0.25) is 4.79 Å². The Balaban J connectivity index is 1.45. The molecule has 0 radical (unpaired) electrons. The first-order valence-electron chi connectivity index (χ1n) is 11.3. The zero-order valence-electron chi connectivity index (χ0n) is 20.2. The van der Waals surface area contributed by atoms with Crippen molar-refractivity contribution in [2.45, 2.75) is 13.0 Å². The Morgan fingerprint density at radius 1 is 1.03 bits per heavy atom. The summed E-state index contributed by atoms with van der Waals surface area (Å²) < 4.78 is 17.6. The third kappa shape index (κ3) is 5.28. The second-order valence-corrected chi connectivity index (χ2v) is 8.15. The lowest BCUT2D eigenvalue weighted by atomic mass is 10.0. The zero-order chi connectivity index (χ0) is 25.7. The van der Waals surface area contributed by atoms with Crippen molar-refractivity contribution in [3.05, 3.63) is 72.6 Å². The highest BCUT2D eigenvalue weighted by molar-refractivity contribution is 5.93. The fraction of sp³-hybridized carbons (Fsp3) is 0.231. The normalized spacial score (nSPS) is 12.6. The third-order valence-corrected chi connectivity index (χ3v) is 5.70. The molecule has 4 rings (SSSR count). The number of para-hydroxylation sites is 1. The number of carbonyl (C=O) groups excluding carboxylic acids is 2. The SMILES string of the molecule is COc1ccc(-c2ccnc3cc(C(=O)NCC(C)[C@H](N)C(=O)Oc4ccccc4)nn23)cc1OC. The molecule has 186 valence electrons. The molecular formula is C26H27N5O5. The number of fused-ring (bicyclic) bond motifs is 1. The van der Waals surface area contributed by atoms with Gasteiger partial charge >= 0.3 is 5.97 Å². The summed E-state index contributed by atoms with van der Waals surface area (Å²) in [5, 5.41) is 7.23. The van der Waals surface area contributed by atoms with Crippen molar-refractivity contribution in [3.8, 4) is 28.5 Å². The van der Waals surface area contributed by atoms with Crippen LogP contribution in [-0.2, 0) is 4.79 Å². The second kappa shape index (κ2) is 10.9. The molecule has 3 N–H and O–H groups in total. The van der Waals surface area contributed by atoms with Crippen LogP contribution in [0.4, 0.5) is 0 Å². The number of carbonyl (C=O) groups is 2. The summed E-state index contributed by atoms with van der Waals surface area (Å²) in [5.41, 5.74) is 8.27. The van der Waals surface area contributed by atoms with E-state index < -0.39 is 17.9 Å². The third-order valence-electron chi connectivity index (χ3n) is 5.70. The van der Waals surface area contributed by atoms with Gasteiger partial charge in [0, 0.05) is 24.4 Å². The molecule has 0 bridgehead atoms. The highest BCUT2D eigenvalue weighted by Crippen LogP contribution is 2.32. The average molecular weight is 490 g/mol. The summed E-state index contributed by atoms with van der Waals surface area (Å²) in [6.07, 6.45) is 1.64. The second-order valence-electron chi connectivity index (χ2n) is 8.15. The van der Waals surface area contributed by atoms with Gasteiger partial charge in [-0.2, -0.15) is 5.10 Å². The lowest BCUT2D eigenvalue weighted by Gasteiger charge is -2.18. The summed E-state index contributed by atoms with van der Waals surface area (Å²) in [5.74, 6) is 0.237. The lowest BCUT2D eigenvalue weighted by molar-refractivity contribution is -0.137. The van der Waals surface area contributed by atoms with Crippen LogP contribution >= 0.6 is 0 Å². The van der Waals surface area contributed by atoms with Gasteiger partial charge in [0.25, 0.3) is 5.91 Å². The van der Waals surface area contributed by atoms with Crippen molar-refractivity contribution in [2.24, 2.45) is 11.7 Å². The fourth-order valence-corrected chi connectivity index (χ4v) is 3.60. The smallest absolute Gasteiger partial charge is 0.328 e. The summed E-state index contributed by atoms with van der Waals surface area (Å²) >= 11 is 0. The monoisotopic (exact) mass is 489 g/mol. The predicted octanol–water partition coefficient (Wildman–Crippen LogP) is 2.71. The molecule has 0 aliphatic heterocycles. The van der Waals surface area contributed by atoms with Gasteiger partial charge in [0.2, 0.25) is 0 Å². The van der Waals surface area contributed by atoms with E-state index in [1.165, 1.54) is 0 Å². The van der Waals surface area contributed by atoms with Crippen LogP contribution in [0.2, 0.25) is 0 Å². The van der Waals surface area contributed by atoms with Crippen LogP contribution in [0, 0.1) is 5.92 Å². The molecule has 0 fully saturated rings. The van der Waals surface area contributed by atoms with Gasteiger partial charge in [-0.05, 0) is 42.3 Å². The van der Waals surface area contributed by atoms with E-state index in [4.69, 9.17) is 19.9 Å². The summed E-state index contributed by atoms with van der Waals surface area (Å²) in [7, 11) is 3.13. The fourth-order valence-electron chi connectivity index (χ4n) is 3.60. The molecule has 0 aliphatic rings. The van der Waals surface area contributed by atoms with E-state index >= 15 is 0 Å². The van der Waals surface area contributed by atoms with Crippen molar-refractivity contribution < 1.29 is 23.8 Å². The number of nitrogens with two attached hydrogens (primary N) is 1. The number of hydrogen-bond acceptors (Lipinski definition) is 8. The van der Waals surface area contributed by atoms with Crippen LogP contribution in [0.25, 0.3) is 16.9 Å². The van der Waals surface area contributed by atoms with Crippen LogP contribution in [0.3, 0.4) is 0 Å². The molecule has 1 unspecified atom stereocenters. The van der Waals surface area contributed by atoms with Gasteiger partial charge in [-0.15, -0.1) is 0 Å². The molecule has 0 saturated heterocycles. The number of benzene rings is 2. The Kier molecular flexibility index (Phi) is 7.45. The molecule has 10 nitrogen and oxygen atoms in total. The molecule has 2 aromatic carbocycles. The van der Waals surface area contributed by atoms with Crippen molar-refractivity contribution in [3.63, 3.8) is 0 Å². The molecule has 1 amide bonds. The van der Waals surface area contributed by atoms with E-state index in [2.05, 4.69) is 15.4 Å². The van der Waals surface area contributed by atoms with Gasteiger partial charge in [-0.1, -0.05) is 25.1 Å². The number of rotatable bonds is 9. The molecule has 10 heteroatoms. The molecule has 0 spiro atoms.